The number of hydrogen-bond donors (Lipinski definition) is 3. The molecule has 4 N–H and O–H groups in total. The Morgan fingerprint density at radius 2 is 1.83 bits per heavy atom. The van der Waals surface area contributed by atoms with Crippen molar-refractivity contribution in [3.05, 3.63) is 10.7 Å². The van der Waals surface area contributed by atoms with E-state index in [2.05, 4.69) is 27.8 Å². The third kappa shape index (κ3) is 1.45. The zero-order valence-corrected chi connectivity index (χ0v) is 6.95. The van der Waals surface area contributed by atoms with Crippen LogP contribution in [0.4, 0.5) is 17.3 Å². The molecule has 7 heteroatoms. The summed E-state index contributed by atoms with van der Waals surface area (Å²) in [5.74, 6) is 0.664. The highest BCUT2D eigenvalue weighted by atomic mass is 32.1. The fourth-order valence-corrected chi connectivity index (χ4v) is 0.846. The molecule has 1 heterocycles. The zero-order chi connectivity index (χ0) is 9.14. The lowest BCUT2D eigenvalue weighted by molar-refractivity contribution is 1.05. The predicted molar refractivity (Wildman–Crippen MR) is 49.0 cm³/mol. The molecular formula is C5H7N5OS. The van der Waals surface area contributed by atoms with Crippen molar-refractivity contribution >= 4 is 30.0 Å². The van der Waals surface area contributed by atoms with Crippen molar-refractivity contribution in [1.82, 2.24) is 9.97 Å². The van der Waals surface area contributed by atoms with Crippen LogP contribution in [0.5, 0.6) is 0 Å². The Labute approximate surface area is 73.8 Å². The monoisotopic (exact) mass is 185 g/mol. The molecule has 0 atom stereocenters. The minimum atomic E-state index is -0.111. The van der Waals surface area contributed by atoms with Gasteiger partial charge < -0.3 is 11.5 Å². The first-order valence-electron chi connectivity index (χ1n) is 3.05. The SMILES string of the molecule is Nc1nc(CS)nc(N)c1N=O. The molecule has 1 aromatic heterocycles. The first-order valence-corrected chi connectivity index (χ1v) is 3.68. The van der Waals surface area contributed by atoms with Gasteiger partial charge in [-0.1, -0.05) is 0 Å². The van der Waals surface area contributed by atoms with E-state index in [1.54, 1.807) is 0 Å². The van der Waals surface area contributed by atoms with E-state index >= 15 is 0 Å². The smallest absolute Gasteiger partial charge is 0.192 e. The number of nitrogens with two attached hydrogens (primary N) is 2. The predicted octanol–water partition coefficient (Wildman–Crippen LogP) is 0.469. The van der Waals surface area contributed by atoms with Crippen molar-refractivity contribution in [2.75, 3.05) is 11.5 Å². The largest absolute Gasteiger partial charge is 0.382 e. The molecule has 0 saturated heterocycles. The number of nitrogen functional groups attached to an aromatic ring is 2. The van der Waals surface area contributed by atoms with Crippen LogP contribution in [0.1, 0.15) is 5.82 Å². The third-order valence-electron chi connectivity index (χ3n) is 1.22. The van der Waals surface area contributed by atoms with Gasteiger partial charge in [-0.2, -0.15) is 12.6 Å². The summed E-state index contributed by atoms with van der Waals surface area (Å²) in [4.78, 5) is 17.6. The molecule has 12 heavy (non-hydrogen) atoms. The van der Waals surface area contributed by atoms with Gasteiger partial charge in [0.1, 0.15) is 5.82 Å². The van der Waals surface area contributed by atoms with Crippen LogP contribution in [0.3, 0.4) is 0 Å². The van der Waals surface area contributed by atoms with Gasteiger partial charge in [0, 0.05) is 0 Å². The fourth-order valence-electron chi connectivity index (χ4n) is 0.704. The van der Waals surface area contributed by atoms with Crippen molar-refractivity contribution in [2.24, 2.45) is 5.18 Å². The van der Waals surface area contributed by atoms with Gasteiger partial charge in [0.25, 0.3) is 0 Å². The van der Waals surface area contributed by atoms with E-state index in [-0.39, 0.29) is 17.3 Å². The molecule has 0 aliphatic carbocycles. The maximum absolute atomic E-state index is 10.1. The normalized spacial score (nSPS) is 9.75. The topological polar surface area (TPSA) is 107 Å². The molecule has 0 bridgehead atoms. The minimum Gasteiger partial charge on any atom is -0.382 e. The average molecular weight is 185 g/mol. The first-order chi connectivity index (χ1) is 5.69. The van der Waals surface area contributed by atoms with E-state index < -0.39 is 0 Å². The maximum Gasteiger partial charge on any atom is 0.192 e. The van der Waals surface area contributed by atoms with Crippen LogP contribution in [0, 0.1) is 4.91 Å². The van der Waals surface area contributed by atoms with Gasteiger partial charge in [0.15, 0.2) is 17.3 Å². The Kier molecular flexibility index (Phi) is 2.44. The van der Waals surface area contributed by atoms with Crippen molar-refractivity contribution in [1.29, 1.82) is 0 Å². The highest BCUT2D eigenvalue weighted by Gasteiger charge is 2.08. The van der Waals surface area contributed by atoms with Crippen LogP contribution >= 0.6 is 12.6 Å². The quantitative estimate of drug-likeness (QED) is 0.458. The summed E-state index contributed by atoms with van der Waals surface area (Å²) in [7, 11) is 0. The lowest BCUT2D eigenvalue weighted by Gasteiger charge is -2.01. The highest BCUT2D eigenvalue weighted by Crippen LogP contribution is 2.25. The van der Waals surface area contributed by atoms with Gasteiger partial charge in [-0.25, -0.2) is 9.97 Å². The Hall–Kier alpha value is -1.37. The molecule has 0 aromatic carbocycles. The Morgan fingerprint density at radius 3 is 2.17 bits per heavy atom. The molecule has 64 valence electrons. The van der Waals surface area contributed by atoms with Crippen LogP contribution in [0.25, 0.3) is 0 Å². The molecule has 0 saturated carbocycles. The Bertz CT molecular complexity index is 292. The molecule has 0 fully saturated rings. The second-order valence-corrected chi connectivity index (χ2v) is 2.32. The lowest BCUT2D eigenvalue weighted by atomic mass is 10.4. The van der Waals surface area contributed by atoms with E-state index in [9.17, 15) is 4.91 Å². The van der Waals surface area contributed by atoms with Crippen molar-refractivity contribution in [3.8, 4) is 0 Å². The summed E-state index contributed by atoms with van der Waals surface area (Å²) in [6.45, 7) is 0. The number of rotatable bonds is 2. The van der Waals surface area contributed by atoms with E-state index in [1.165, 1.54) is 0 Å². The van der Waals surface area contributed by atoms with Crippen molar-refractivity contribution in [3.63, 3.8) is 0 Å². The number of nitrogens with zero attached hydrogens (tertiary/aromatic N) is 3. The number of nitroso groups, excluding NO2 is 1. The second-order valence-electron chi connectivity index (χ2n) is 2.01. The van der Waals surface area contributed by atoms with E-state index in [4.69, 9.17) is 11.5 Å². The zero-order valence-electron chi connectivity index (χ0n) is 6.06. The van der Waals surface area contributed by atoms with E-state index in [0.717, 1.165) is 0 Å². The second kappa shape index (κ2) is 3.35. The highest BCUT2D eigenvalue weighted by molar-refractivity contribution is 7.79. The summed E-state index contributed by atoms with van der Waals surface area (Å²) in [6, 6.07) is 0. The van der Waals surface area contributed by atoms with Crippen molar-refractivity contribution in [2.45, 2.75) is 5.75 Å². The maximum atomic E-state index is 10.1. The summed E-state index contributed by atoms with van der Waals surface area (Å²) in [6.07, 6.45) is 0. The van der Waals surface area contributed by atoms with Gasteiger partial charge in [0.2, 0.25) is 0 Å². The fraction of sp³-hybridized carbons (Fsp3) is 0.200. The molecule has 0 unspecified atom stereocenters. The summed E-state index contributed by atoms with van der Waals surface area (Å²) < 4.78 is 0. The molecule has 0 aliphatic heterocycles. The summed E-state index contributed by atoms with van der Waals surface area (Å²) in [5, 5.41) is 2.60. The van der Waals surface area contributed by atoms with Gasteiger partial charge in [-0.15, -0.1) is 4.91 Å². The molecular weight excluding hydrogens is 178 g/mol. The number of hydrogen-bond acceptors (Lipinski definition) is 7. The first kappa shape index (κ1) is 8.72. The van der Waals surface area contributed by atoms with Gasteiger partial charge in [-0.3, -0.25) is 0 Å². The van der Waals surface area contributed by atoms with Crippen LogP contribution in [-0.2, 0) is 5.75 Å². The average Bonchev–Trinajstić information content (AvgIpc) is 2.03. The van der Waals surface area contributed by atoms with Crippen LogP contribution in [-0.4, -0.2) is 9.97 Å². The van der Waals surface area contributed by atoms with E-state index in [0.29, 0.717) is 11.6 Å². The number of thiol groups is 1. The molecule has 6 nitrogen and oxygen atoms in total. The van der Waals surface area contributed by atoms with Crippen molar-refractivity contribution < 1.29 is 0 Å². The number of aromatic nitrogens is 2. The molecule has 1 aromatic rings. The third-order valence-corrected chi connectivity index (χ3v) is 1.50. The molecule has 0 spiro atoms. The van der Waals surface area contributed by atoms with Crippen LogP contribution in [0.2, 0.25) is 0 Å². The summed E-state index contributed by atoms with van der Waals surface area (Å²) in [5.41, 5.74) is 10.6. The molecule has 1 rings (SSSR count). The van der Waals surface area contributed by atoms with Crippen LogP contribution < -0.4 is 11.5 Å². The lowest BCUT2D eigenvalue weighted by Crippen LogP contribution is -2.02. The van der Waals surface area contributed by atoms with Gasteiger partial charge in [-0.05, 0) is 5.18 Å². The minimum absolute atomic E-state index is 0.0125. The Balaban J connectivity index is 3.27. The van der Waals surface area contributed by atoms with Gasteiger partial charge in [0.05, 0.1) is 5.75 Å². The standard InChI is InChI=1S/C5H7N5OS/c6-4-3(10-11)5(7)9-2(1-12)8-4/h12H,1H2,(H4,6,7,8,9). The summed E-state index contributed by atoms with van der Waals surface area (Å²) >= 11 is 3.92. The Morgan fingerprint density at radius 1 is 1.33 bits per heavy atom. The molecule has 0 radical (unpaired) electrons. The van der Waals surface area contributed by atoms with Crippen LogP contribution in [0.15, 0.2) is 5.18 Å². The van der Waals surface area contributed by atoms with Gasteiger partial charge >= 0.3 is 0 Å². The molecule has 0 aliphatic rings. The van der Waals surface area contributed by atoms with E-state index in [1.807, 2.05) is 0 Å². The molecule has 0 amide bonds. The number of anilines is 2.